The first-order valence-corrected chi connectivity index (χ1v) is 6.86. The Balaban J connectivity index is 3.08. The van der Waals surface area contributed by atoms with Crippen LogP contribution in [0.3, 0.4) is 0 Å². The average molecular weight is 325 g/mol. The van der Waals surface area contributed by atoms with Crippen molar-refractivity contribution in [3.05, 3.63) is 33.3 Å². The summed E-state index contributed by atoms with van der Waals surface area (Å²) in [6.45, 7) is 2.07. The molecule has 0 aromatic heterocycles. The zero-order chi connectivity index (χ0) is 14.4. The van der Waals surface area contributed by atoms with E-state index in [1.807, 2.05) is 6.92 Å². The number of nitrogens with two attached hydrogens (primary N) is 1. The van der Waals surface area contributed by atoms with Crippen LogP contribution in [0.1, 0.15) is 12.5 Å². The fourth-order valence-electron chi connectivity index (χ4n) is 1.61. The minimum absolute atomic E-state index is 0.0236. The van der Waals surface area contributed by atoms with E-state index in [-0.39, 0.29) is 12.6 Å². The van der Waals surface area contributed by atoms with E-state index in [4.69, 9.17) is 50.0 Å². The largest absolute Gasteiger partial charge is 0.493 e. The fourth-order valence-corrected chi connectivity index (χ4v) is 1.96. The molecule has 0 saturated carbocycles. The van der Waals surface area contributed by atoms with Crippen molar-refractivity contribution < 1.29 is 9.47 Å². The molecule has 0 saturated heterocycles. The molecule has 19 heavy (non-hydrogen) atoms. The van der Waals surface area contributed by atoms with Gasteiger partial charge >= 0.3 is 0 Å². The molecule has 0 aliphatic rings. The molecule has 6 heteroatoms. The van der Waals surface area contributed by atoms with Crippen LogP contribution < -0.4 is 15.2 Å². The molecule has 0 bridgehead atoms. The van der Waals surface area contributed by atoms with E-state index in [0.717, 1.165) is 5.56 Å². The number of rotatable bonds is 6. The second kappa shape index (κ2) is 7.85. The Kier molecular flexibility index (Phi) is 6.80. The molecule has 0 radical (unpaired) electrons. The van der Waals surface area contributed by atoms with E-state index in [9.17, 15) is 0 Å². The van der Waals surface area contributed by atoms with Crippen molar-refractivity contribution in [2.75, 3.05) is 13.7 Å². The van der Waals surface area contributed by atoms with Gasteiger partial charge in [-0.1, -0.05) is 34.8 Å². The quantitative estimate of drug-likeness (QED) is 0.862. The third-order valence-electron chi connectivity index (χ3n) is 2.33. The Morgan fingerprint density at radius 1 is 1.47 bits per heavy atom. The van der Waals surface area contributed by atoms with Gasteiger partial charge in [0.15, 0.2) is 11.5 Å². The highest BCUT2D eigenvalue weighted by Gasteiger charge is 2.14. The molecule has 1 aromatic carbocycles. The van der Waals surface area contributed by atoms with Gasteiger partial charge in [-0.05, 0) is 19.4 Å². The van der Waals surface area contributed by atoms with E-state index in [2.05, 4.69) is 0 Å². The minimum Gasteiger partial charge on any atom is -0.493 e. The highest BCUT2D eigenvalue weighted by atomic mass is 35.5. The van der Waals surface area contributed by atoms with Crippen LogP contribution in [0.15, 0.2) is 22.7 Å². The molecule has 0 spiro atoms. The molecule has 0 fully saturated rings. The van der Waals surface area contributed by atoms with Crippen LogP contribution in [-0.4, -0.2) is 19.8 Å². The van der Waals surface area contributed by atoms with Crippen molar-refractivity contribution in [1.82, 2.24) is 0 Å². The summed E-state index contributed by atoms with van der Waals surface area (Å²) in [6, 6.07) is 3.46. The van der Waals surface area contributed by atoms with Gasteiger partial charge in [0.05, 0.1) is 12.1 Å². The van der Waals surface area contributed by atoms with Crippen LogP contribution in [0.4, 0.5) is 0 Å². The predicted molar refractivity (Wildman–Crippen MR) is 80.6 cm³/mol. The summed E-state index contributed by atoms with van der Waals surface area (Å²) in [7, 11) is 1.55. The van der Waals surface area contributed by atoms with Gasteiger partial charge < -0.3 is 15.2 Å². The van der Waals surface area contributed by atoms with Gasteiger partial charge in [0.25, 0.3) is 0 Å². The highest BCUT2D eigenvalue weighted by molar-refractivity contribution is 6.36. The normalized spacial score (nSPS) is 13.3. The lowest BCUT2D eigenvalue weighted by molar-refractivity contribution is 0.320. The summed E-state index contributed by atoms with van der Waals surface area (Å²) in [5, 5.41) is 0.962. The zero-order valence-corrected chi connectivity index (χ0v) is 13.0. The molecule has 0 aliphatic carbocycles. The lowest BCUT2D eigenvalue weighted by Crippen LogP contribution is -2.18. The van der Waals surface area contributed by atoms with Crippen LogP contribution in [0.5, 0.6) is 11.5 Å². The van der Waals surface area contributed by atoms with Gasteiger partial charge in [0.1, 0.15) is 6.61 Å². The molecule has 3 nitrogen and oxygen atoms in total. The number of benzene rings is 1. The second-order valence-corrected chi connectivity index (χ2v) is 5.26. The minimum atomic E-state index is -0.0236. The van der Waals surface area contributed by atoms with Gasteiger partial charge in [0, 0.05) is 28.2 Å². The van der Waals surface area contributed by atoms with E-state index < -0.39 is 0 Å². The smallest absolute Gasteiger partial charge is 0.165 e. The van der Waals surface area contributed by atoms with Crippen molar-refractivity contribution in [2.24, 2.45) is 5.73 Å². The summed E-state index contributed by atoms with van der Waals surface area (Å²) in [5.41, 5.74) is 7.95. The lowest BCUT2D eigenvalue weighted by Gasteiger charge is -2.16. The monoisotopic (exact) mass is 323 g/mol. The maximum atomic E-state index is 6.04. The predicted octanol–water partition coefficient (Wildman–Crippen LogP) is 3.94. The van der Waals surface area contributed by atoms with Gasteiger partial charge in [-0.2, -0.15) is 0 Å². The van der Waals surface area contributed by atoms with E-state index in [1.54, 1.807) is 19.2 Å². The van der Waals surface area contributed by atoms with E-state index in [0.29, 0.717) is 28.0 Å². The Hall–Kier alpha value is -0.610. The number of methoxy groups -OCH3 is 1. The summed E-state index contributed by atoms with van der Waals surface area (Å²) < 4.78 is 10.9. The topological polar surface area (TPSA) is 44.5 Å². The number of hydrogen-bond donors (Lipinski definition) is 1. The molecule has 0 heterocycles. The Bertz CT molecular complexity index is 461. The van der Waals surface area contributed by atoms with Crippen molar-refractivity contribution in [2.45, 2.75) is 19.4 Å². The molecule has 106 valence electrons. The summed E-state index contributed by atoms with van der Waals surface area (Å²) in [4.78, 5) is 0. The lowest BCUT2D eigenvalue weighted by atomic mass is 10.1. The first-order chi connectivity index (χ1) is 8.97. The molecule has 1 atom stereocenters. The average Bonchev–Trinajstić information content (AvgIpc) is 2.35. The summed E-state index contributed by atoms with van der Waals surface area (Å²) in [5.74, 6) is 1.13. The molecule has 0 aliphatic heterocycles. The van der Waals surface area contributed by atoms with Crippen LogP contribution in [-0.2, 0) is 6.42 Å². The van der Waals surface area contributed by atoms with Crippen LogP contribution in [0.2, 0.25) is 5.02 Å². The first-order valence-electron chi connectivity index (χ1n) is 5.67. The van der Waals surface area contributed by atoms with Crippen molar-refractivity contribution in [1.29, 1.82) is 0 Å². The first kappa shape index (κ1) is 16.4. The standard InChI is InChI=1S/C13H16Cl3NO2/c1-8(17)3-9-4-10(15)5-12(18-2)13(9)19-7-11(16)6-14/h4-6,8H,3,7,17H2,1-2H3/b11-6-. The molecule has 1 unspecified atom stereocenters. The van der Waals surface area contributed by atoms with Crippen LogP contribution >= 0.6 is 34.8 Å². The summed E-state index contributed by atoms with van der Waals surface area (Å²) >= 11 is 17.3. The number of ether oxygens (including phenoxy) is 2. The second-order valence-electron chi connectivity index (χ2n) is 4.12. The summed E-state index contributed by atoms with van der Waals surface area (Å²) in [6.07, 6.45) is 0.620. The molecule has 1 aromatic rings. The SMILES string of the molecule is COc1cc(Cl)cc(CC(C)N)c1OC/C(Cl)=C/Cl. The third kappa shape index (κ3) is 5.11. The number of hydrogen-bond acceptors (Lipinski definition) is 3. The maximum Gasteiger partial charge on any atom is 0.165 e. The van der Waals surface area contributed by atoms with Crippen LogP contribution in [0.25, 0.3) is 0 Å². The van der Waals surface area contributed by atoms with Gasteiger partial charge in [-0.25, -0.2) is 0 Å². The molecular weight excluding hydrogens is 309 g/mol. The Labute approximate surface area is 128 Å². The zero-order valence-electron chi connectivity index (χ0n) is 10.8. The molecule has 0 amide bonds. The van der Waals surface area contributed by atoms with Gasteiger partial charge in [-0.15, -0.1) is 0 Å². The van der Waals surface area contributed by atoms with Gasteiger partial charge in [-0.3, -0.25) is 0 Å². The highest BCUT2D eigenvalue weighted by Crippen LogP contribution is 2.35. The van der Waals surface area contributed by atoms with E-state index in [1.165, 1.54) is 5.54 Å². The van der Waals surface area contributed by atoms with Crippen molar-refractivity contribution >= 4 is 34.8 Å². The fraction of sp³-hybridized carbons (Fsp3) is 0.385. The molecule has 2 N–H and O–H groups in total. The van der Waals surface area contributed by atoms with Crippen molar-refractivity contribution in [3.8, 4) is 11.5 Å². The number of halogens is 3. The maximum absolute atomic E-state index is 6.04. The van der Waals surface area contributed by atoms with Gasteiger partial charge in [0.2, 0.25) is 0 Å². The Morgan fingerprint density at radius 2 is 2.16 bits per heavy atom. The van der Waals surface area contributed by atoms with Crippen molar-refractivity contribution in [3.63, 3.8) is 0 Å². The third-order valence-corrected chi connectivity index (χ3v) is 3.14. The van der Waals surface area contributed by atoms with Crippen LogP contribution in [0, 0.1) is 0 Å². The van der Waals surface area contributed by atoms with E-state index >= 15 is 0 Å². The molecular formula is C13H16Cl3NO2. The molecule has 1 rings (SSSR count). The Morgan fingerprint density at radius 3 is 2.68 bits per heavy atom.